The molecule has 3 aromatic rings. The zero-order valence-corrected chi connectivity index (χ0v) is 18.5. The van der Waals surface area contributed by atoms with Crippen molar-refractivity contribution in [3.63, 3.8) is 0 Å². The quantitative estimate of drug-likeness (QED) is 0.600. The highest BCUT2D eigenvalue weighted by Crippen LogP contribution is 2.45. The van der Waals surface area contributed by atoms with Crippen molar-refractivity contribution >= 4 is 11.7 Å². The number of nitrogens with zero attached hydrogens (tertiary/aromatic N) is 6. The number of likely N-dealkylation sites (tertiary alicyclic amines) is 1. The summed E-state index contributed by atoms with van der Waals surface area (Å²) in [4.78, 5) is 26.9. The number of urea groups is 1. The maximum Gasteiger partial charge on any atom is 0.325 e. The lowest BCUT2D eigenvalue weighted by Crippen LogP contribution is -2.55. The number of carbonyl (C=O) groups excluding carboxylic acids is 1. The second-order valence-corrected chi connectivity index (χ2v) is 9.14. The van der Waals surface area contributed by atoms with Crippen molar-refractivity contribution in [3.05, 3.63) is 42.2 Å². The molecule has 2 aromatic heterocycles. The number of aromatic nitrogens is 4. The number of benzene rings is 1. The second-order valence-electron chi connectivity index (χ2n) is 9.14. The Bertz CT molecular complexity index is 1120. The van der Waals surface area contributed by atoms with E-state index >= 15 is 0 Å². The number of anilines is 1. The summed E-state index contributed by atoms with van der Waals surface area (Å²) >= 11 is 0. The number of carbonyl (C=O) groups is 1. The number of rotatable bonds is 2. The molecule has 8 nitrogen and oxygen atoms in total. The fourth-order valence-electron chi connectivity index (χ4n) is 4.68. The van der Waals surface area contributed by atoms with Crippen LogP contribution < -0.4 is 4.90 Å². The van der Waals surface area contributed by atoms with Crippen LogP contribution in [0.5, 0.6) is 0 Å². The molecule has 0 spiro atoms. The van der Waals surface area contributed by atoms with E-state index in [1.807, 2.05) is 47.9 Å². The Hall–Kier alpha value is -3.16. The van der Waals surface area contributed by atoms with Crippen molar-refractivity contribution in [1.29, 1.82) is 0 Å². The van der Waals surface area contributed by atoms with E-state index in [9.17, 15) is 4.79 Å². The lowest BCUT2D eigenvalue weighted by atomic mass is 9.91. The Morgan fingerprint density at radius 1 is 1.10 bits per heavy atom. The van der Waals surface area contributed by atoms with Gasteiger partial charge in [-0.05, 0) is 45.2 Å². The second kappa shape index (κ2) is 7.21. The molecule has 0 unspecified atom stereocenters. The lowest BCUT2D eigenvalue weighted by molar-refractivity contribution is 0.185. The molecule has 0 N–H and O–H groups in total. The summed E-state index contributed by atoms with van der Waals surface area (Å²) in [5.74, 6) is 1.16. The molecule has 8 heteroatoms. The van der Waals surface area contributed by atoms with Crippen molar-refractivity contribution < 1.29 is 9.32 Å². The molecule has 4 heterocycles. The maximum absolute atomic E-state index is 13.8. The van der Waals surface area contributed by atoms with Gasteiger partial charge in [-0.15, -0.1) is 0 Å². The van der Waals surface area contributed by atoms with Crippen molar-refractivity contribution in [2.45, 2.75) is 58.4 Å². The first-order valence-corrected chi connectivity index (χ1v) is 11.0. The van der Waals surface area contributed by atoms with Crippen molar-refractivity contribution in [2.75, 3.05) is 18.0 Å². The smallest absolute Gasteiger partial charge is 0.325 e. The van der Waals surface area contributed by atoms with Crippen LogP contribution in [0.15, 0.2) is 35.1 Å². The lowest BCUT2D eigenvalue weighted by Gasteiger charge is -2.46. The van der Waals surface area contributed by atoms with Gasteiger partial charge in [0.15, 0.2) is 0 Å². The summed E-state index contributed by atoms with van der Waals surface area (Å²) in [6, 6.07) is 8.02. The number of amides is 2. The Morgan fingerprint density at radius 2 is 1.81 bits per heavy atom. The summed E-state index contributed by atoms with van der Waals surface area (Å²) in [5, 5.41) is 4.19. The predicted octanol–water partition coefficient (Wildman–Crippen LogP) is 4.71. The Balaban J connectivity index is 1.67. The van der Waals surface area contributed by atoms with Gasteiger partial charge < -0.3 is 9.42 Å². The zero-order valence-electron chi connectivity index (χ0n) is 18.5. The van der Waals surface area contributed by atoms with E-state index in [1.165, 1.54) is 6.42 Å². The monoisotopic (exact) mass is 420 g/mol. The first-order chi connectivity index (χ1) is 14.9. The van der Waals surface area contributed by atoms with Crippen LogP contribution in [0.4, 0.5) is 10.5 Å². The Kier molecular flexibility index (Phi) is 4.60. The van der Waals surface area contributed by atoms with Crippen LogP contribution in [0.1, 0.15) is 64.5 Å². The molecule has 5 rings (SSSR count). The summed E-state index contributed by atoms with van der Waals surface area (Å²) in [5.41, 5.74) is 2.68. The molecule has 1 saturated heterocycles. The molecular formula is C23H28N6O2. The van der Waals surface area contributed by atoms with Gasteiger partial charge in [0.05, 0.1) is 22.6 Å². The third-order valence-electron chi connectivity index (χ3n) is 6.25. The Labute approximate surface area is 181 Å². The molecule has 0 radical (unpaired) electrons. The fourth-order valence-corrected chi connectivity index (χ4v) is 4.68. The molecule has 2 aliphatic heterocycles. The minimum atomic E-state index is -0.659. The largest absolute Gasteiger partial charge is 0.339 e. The molecular weight excluding hydrogens is 392 g/mol. The average molecular weight is 421 g/mol. The minimum Gasteiger partial charge on any atom is -0.339 e. The summed E-state index contributed by atoms with van der Waals surface area (Å²) in [6.45, 7) is 9.74. The number of hydrogen-bond acceptors (Lipinski definition) is 5. The van der Waals surface area contributed by atoms with E-state index < -0.39 is 5.54 Å². The number of imidazole rings is 1. The number of para-hydroxylation sites is 2. The molecule has 162 valence electrons. The highest BCUT2D eigenvalue weighted by atomic mass is 16.5. The molecule has 2 amide bonds. The van der Waals surface area contributed by atoms with Crippen LogP contribution >= 0.6 is 0 Å². The van der Waals surface area contributed by atoms with E-state index in [-0.39, 0.29) is 11.9 Å². The third-order valence-corrected chi connectivity index (χ3v) is 6.25. The molecule has 1 fully saturated rings. The SMILES string of the molecule is CC(C)c1nc(-c2ncn3c2C(C)(C)N(C(=O)N2CCCCC2)c2ccccc2-3)no1. The highest BCUT2D eigenvalue weighted by Gasteiger charge is 2.45. The third kappa shape index (κ3) is 3.04. The van der Waals surface area contributed by atoms with Gasteiger partial charge in [-0.1, -0.05) is 31.1 Å². The molecule has 31 heavy (non-hydrogen) atoms. The molecule has 0 atom stereocenters. The van der Waals surface area contributed by atoms with Gasteiger partial charge in [0.1, 0.15) is 12.0 Å². The van der Waals surface area contributed by atoms with Gasteiger partial charge >= 0.3 is 6.03 Å². The topological polar surface area (TPSA) is 80.3 Å². The van der Waals surface area contributed by atoms with Gasteiger partial charge in [0.2, 0.25) is 11.7 Å². The van der Waals surface area contributed by atoms with Crippen molar-refractivity contribution in [1.82, 2.24) is 24.6 Å². The van der Waals surface area contributed by atoms with Gasteiger partial charge in [0, 0.05) is 19.0 Å². The molecule has 2 aliphatic rings. The van der Waals surface area contributed by atoms with Crippen LogP contribution in [0.2, 0.25) is 0 Å². The zero-order chi connectivity index (χ0) is 21.8. The van der Waals surface area contributed by atoms with Crippen molar-refractivity contribution in [3.8, 4) is 17.2 Å². The summed E-state index contributed by atoms with van der Waals surface area (Å²) in [6.07, 6.45) is 5.06. The maximum atomic E-state index is 13.8. The van der Waals surface area contributed by atoms with E-state index in [0.29, 0.717) is 17.4 Å². The van der Waals surface area contributed by atoms with Crippen LogP contribution in [0.25, 0.3) is 17.2 Å². The molecule has 1 aromatic carbocycles. The standard InChI is InChI=1S/C23H28N6O2/c1-15(2)21-25-20(26-31-21)18-19-23(3,4)29(22(30)27-12-8-5-9-13-27)17-11-7-6-10-16(17)28(19)14-24-18/h6-7,10-11,14-15H,5,8-9,12-13H2,1-4H3. The number of fused-ring (bicyclic) bond motifs is 3. The first-order valence-electron chi connectivity index (χ1n) is 11.0. The van der Waals surface area contributed by atoms with E-state index in [0.717, 1.165) is 43.0 Å². The fraction of sp³-hybridized carbons (Fsp3) is 0.478. The van der Waals surface area contributed by atoms with E-state index in [1.54, 1.807) is 6.33 Å². The minimum absolute atomic E-state index is 0.0338. The summed E-state index contributed by atoms with van der Waals surface area (Å²) in [7, 11) is 0. The first kappa shape index (κ1) is 19.8. The van der Waals surface area contributed by atoms with Crippen LogP contribution in [-0.4, -0.2) is 43.7 Å². The predicted molar refractivity (Wildman–Crippen MR) is 117 cm³/mol. The number of hydrogen-bond donors (Lipinski definition) is 0. The van der Waals surface area contributed by atoms with Crippen LogP contribution in [-0.2, 0) is 5.54 Å². The van der Waals surface area contributed by atoms with Crippen LogP contribution in [0, 0.1) is 0 Å². The van der Waals surface area contributed by atoms with Gasteiger partial charge in [-0.25, -0.2) is 9.78 Å². The van der Waals surface area contributed by atoms with E-state index in [2.05, 4.69) is 33.5 Å². The average Bonchev–Trinajstić information content (AvgIpc) is 3.42. The van der Waals surface area contributed by atoms with Gasteiger partial charge in [0.25, 0.3) is 0 Å². The van der Waals surface area contributed by atoms with Crippen LogP contribution in [0.3, 0.4) is 0 Å². The summed E-state index contributed by atoms with van der Waals surface area (Å²) < 4.78 is 7.50. The normalized spacial score (nSPS) is 17.6. The van der Waals surface area contributed by atoms with Crippen molar-refractivity contribution in [2.24, 2.45) is 0 Å². The number of piperidine rings is 1. The van der Waals surface area contributed by atoms with E-state index in [4.69, 9.17) is 4.52 Å². The molecule has 0 aliphatic carbocycles. The Morgan fingerprint density at radius 3 is 2.48 bits per heavy atom. The molecule has 0 bridgehead atoms. The van der Waals surface area contributed by atoms with Gasteiger partial charge in [-0.3, -0.25) is 9.47 Å². The van der Waals surface area contributed by atoms with Gasteiger partial charge in [-0.2, -0.15) is 4.98 Å². The molecule has 0 saturated carbocycles. The highest BCUT2D eigenvalue weighted by molar-refractivity contribution is 5.97.